The van der Waals surface area contributed by atoms with Crippen molar-refractivity contribution < 1.29 is 33.8 Å². The fourth-order valence-corrected chi connectivity index (χ4v) is 2.38. The van der Waals surface area contributed by atoms with Crippen LogP contribution in [0.2, 0.25) is 0 Å². The highest BCUT2D eigenvalue weighted by Gasteiger charge is 2.52. The van der Waals surface area contributed by atoms with Crippen molar-refractivity contribution in [2.75, 3.05) is 6.54 Å². The maximum atomic E-state index is 11.8. The van der Waals surface area contributed by atoms with Gasteiger partial charge < -0.3 is 19.9 Å². The molecular formula is C12H15NO7. The summed E-state index contributed by atoms with van der Waals surface area (Å²) in [7, 11) is 0. The number of carboxylic acid groups (broad SMARTS) is 1. The zero-order valence-electron chi connectivity index (χ0n) is 10.7. The quantitative estimate of drug-likeness (QED) is 0.533. The van der Waals surface area contributed by atoms with Gasteiger partial charge in [-0.3, -0.25) is 19.2 Å². The summed E-state index contributed by atoms with van der Waals surface area (Å²) in [4.78, 5) is 45.6. The van der Waals surface area contributed by atoms with E-state index in [0.29, 0.717) is 12.8 Å². The summed E-state index contributed by atoms with van der Waals surface area (Å²) in [6.45, 7) is -0.680. The molecule has 20 heavy (non-hydrogen) atoms. The molecule has 8 heteroatoms. The molecule has 1 saturated carbocycles. The number of hydrogen-bond acceptors (Lipinski definition) is 6. The average Bonchev–Trinajstić information content (AvgIpc) is 2.36. The van der Waals surface area contributed by atoms with Gasteiger partial charge in [0.05, 0.1) is 0 Å². The van der Waals surface area contributed by atoms with Crippen molar-refractivity contribution >= 4 is 23.8 Å². The van der Waals surface area contributed by atoms with Crippen molar-refractivity contribution in [3.8, 4) is 0 Å². The maximum Gasteiger partial charge on any atom is 0.333 e. The van der Waals surface area contributed by atoms with Crippen LogP contribution in [0.1, 0.15) is 32.1 Å². The number of carbonyl (C=O) groups excluding carboxylic acids is 3. The molecule has 0 aromatic rings. The first-order valence-electron chi connectivity index (χ1n) is 6.39. The van der Waals surface area contributed by atoms with Gasteiger partial charge in [-0.25, -0.2) is 0 Å². The molecule has 0 atom stereocenters. The van der Waals surface area contributed by atoms with Crippen molar-refractivity contribution in [1.82, 2.24) is 5.32 Å². The van der Waals surface area contributed by atoms with Crippen LogP contribution in [-0.4, -0.2) is 41.3 Å². The van der Waals surface area contributed by atoms with Gasteiger partial charge in [0.25, 0.3) is 5.79 Å². The summed E-state index contributed by atoms with van der Waals surface area (Å²) >= 11 is 0. The predicted molar refractivity (Wildman–Crippen MR) is 62.1 cm³/mol. The smallest absolute Gasteiger partial charge is 0.333 e. The van der Waals surface area contributed by atoms with E-state index in [1.807, 2.05) is 5.32 Å². The van der Waals surface area contributed by atoms with Gasteiger partial charge in [-0.05, 0) is 12.8 Å². The molecule has 1 aliphatic heterocycles. The summed E-state index contributed by atoms with van der Waals surface area (Å²) in [5.74, 6) is -7.25. The predicted octanol–water partition coefficient (Wildman–Crippen LogP) is -0.436. The van der Waals surface area contributed by atoms with Crippen molar-refractivity contribution in [2.45, 2.75) is 37.9 Å². The fraction of sp³-hybridized carbons (Fsp3) is 0.667. The molecule has 1 spiro atoms. The van der Waals surface area contributed by atoms with E-state index < -0.39 is 42.1 Å². The van der Waals surface area contributed by atoms with Crippen LogP contribution in [0.3, 0.4) is 0 Å². The highest BCUT2D eigenvalue weighted by Crippen LogP contribution is 2.37. The third kappa shape index (κ3) is 2.89. The number of aliphatic carboxylic acids is 1. The highest BCUT2D eigenvalue weighted by atomic mass is 16.7. The van der Waals surface area contributed by atoms with Crippen LogP contribution in [0.5, 0.6) is 0 Å². The van der Waals surface area contributed by atoms with Crippen molar-refractivity contribution in [1.29, 1.82) is 0 Å². The first-order valence-corrected chi connectivity index (χ1v) is 6.39. The number of esters is 2. The summed E-state index contributed by atoms with van der Waals surface area (Å²) in [5, 5.41) is 10.4. The van der Waals surface area contributed by atoms with Crippen LogP contribution in [0, 0.1) is 5.92 Å². The molecule has 2 rings (SSSR count). The zero-order chi connectivity index (χ0) is 14.8. The summed E-state index contributed by atoms with van der Waals surface area (Å²) in [6, 6.07) is 0. The molecular weight excluding hydrogens is 270 g/mol. The van der Waals surface area contributed by atoms with E-state index in [1.165, 1.54) is 0 Å². The Morgan fingerprint density at radius 1 is 1.15 bits per heavy atom. The normalized spacial score (nSPS) is 22.0. The maximum absolute atomic E-state index is 11.8. The average molecular weight is 285 g/mol. The highest BCUT2D eigenvalue weighted by molar-refractivity contribution is 6.15. The third-order valence-electron chi connectivity index (χ3n) is 3.34. The van der Waals surface area contributed by atoms with Crippen LogP contribution in [0.15, 0.2) is 0 Å². The number of ether oxygens (including phenoxy) is 2. The van der Waals surface area contributed by atoms with E-state index >= 15 is 0 Å². The van der Waals surface area contributed by atoms with Gasteiger partial charge in [0, 0.05) is 12.8 Å². The van der Waals surface area contributed by atoms with Crippen LogP contribution in [0.25, 0.3) is 0 Å². The van der Waals surface area contributed by atoms with Crippen LogP contribution < -0.4 is 5.32 Å². The van der Waals surface area contributed by atoms with Crippen LogP contribution in [0.4, 0.5) is 0 Å². The standard InChI is InChI=1S/C12H15NO7/c14-7(15)6-13-9(16)8-10(17)19-12(20-11(8)18)4-2-1-3-5-12/h8H,1-6H2,(H,13,16)(H,14,15). The molecule has 110 valence electrons. The lowest BCUT2D eigenvalue weighted by Crippen LogP contribution is -2.55. The van der Waals surface area contributed by atoms with Crippen molar-refractivity contribution in [2.24, 2.45) is 5.92 Å². The van der Waals surface area contributed by atoms with Gasteiger partial charge in [-0.15, -0.1) is 0 Å². The van der Waals surface area contributed by atoms with E-state index in [9.17, 15) is 19.2 Å². The Bertz CT molecular complexity index is 433. The van der Waals surface area contributed by atoms with Crippen molar-refractivity contribution in [3.63, 3.8) is 0 Å². The van der Waals surface area contributed by atoms with Crippen molar-refractivity contribution in [3.05, 3.63) is 0 Å². The Kier molecular flexibility index (Phi) is 3.91. The summed E-state index contributed by atoms with van der Waals surface area (Å²) in [5.41, 5.74) is 0. The minimum atomic E-state index is -1.75. The molecule has 8 nitrogen and oxygen atoms in total. The molecule has 2 fully saturated rings. The zero-order valence-corrected chi connectivity index (χ0v) is 10.7. The lowest BCUT2D eigenvalue weighted by Gasteiger charge is -2.40. The van der Waals surface area contributed by atoms with E-state index in [2.05, 4.69) is 0 Å². The van der Waals surface area contributed by atoms with Crippen LogP contribution in [-0.2, 0) is 28.7 Å². The molecule has 2 aliphatic rings. The minimum Gasteiger partial charge on any atom is -0.480 e. The SMILES string of the molecule is O=C(O)CNC(=O)C1C(=O)OC2(CCCCC2)OC1=O. The van der Waals surface area contributed by atoms with E-state index in [1.54, 1.807) is 0 Å². The summed E-state index contributed by atoms with van der Waals surface area (Å²) in [6.07, 6.45) is 3.37. The third-order valence-corrected chi connectivity index (χ3v) is 3.34. The summed E-state index contributed by atoms with van der Waals surface area (Å²) < 4.78 is 10.3. The van der Waals surface area contributed by atoms with Crippen LogP contribution >= 0.6 is 0 Å². The molecule has 1 aliphatic carbocycles. The van der Waals surface area contributed by atoms with Gasteiger partial charge in [0.15, 0.2) is 0 Å². The molecule has 0 aromatic carbocycles. The molecule has 0 aromatic heterocycles. The second kappa shape index (κ2) is 5.48. The van der Waals surface area contributed by atoms with Gasteiger partial charge in [-0.2, -0.15) is 0 Å². The molecule has 0 unspecified atom stereocenters. The lowest BCUT2D eigenvalue weighted by atomic mass is 9.92. The molecule has 1 heterocycles. The second-order valence-electron chi connectivity index (χ2n) is 4.86. The van der Waals surface area contributed by atoms with E-state index in [0.717, 1.165) is 19.3 Å². The first kappa shape index (κ1) is 14.3. The van der Waals surface area contributed by atoms with Gasteiger partial charge in [0.2, 0.25) is 11.8 Å². The van der Waals surface area contributed by atoms with E-state index in [-0.39, 0.29) is 0 Å². The first-order chi connectivity index (χ1) is 9.43. The molecule has 2 N–H and O–H groups in total. The Labute approximate surface area is 114 Å². The fourth-order valence-electron chi connectivity index (χ4n) is 2.38. The number of nitrogens with one attached hydrogen (secondary N) is 1. The Morgan fingerprint density at radius 3 is 2.20 bits per heavy atom. The Balaban J connectivity index is 2.03. The van der Waals surface area contributed by atoms with Gasteiger partial charge >= 0.3 is 17.9 Å². The number of hydrogen-bond donors (Lipinski definition) is 2. The molecule has 1 amide bonds. The number of rotatable bonds is 3. The largest absolute Gasteiger partial charge is 0.480 e. The molecule has 0 radical (unpaired) electrons. The topological polar surface area (TPSA) is 119 Å². The van der Waals surface area contributed by atoms with Gasteiger partial charge in [-0.1, -0.05) is 6.42 Å². The molecule has 0 bridgehead atoms. The van der Waals surface area contributed by atoms with Gasteiger partial charge in [0.1, 0.15) is 6.54 Å². The Hall–Kier alpha value is -2.12. The number of carbonyl (C=O) groups is 4. The van der Waals surface area contributed by atoms with E-state index in [4.69, 9.17) is 14.6 Å². The minimum absolute atomic E-state index is 0.425. The Morgan fingerprint density at radius 2 is 1.70 bits per heavy atom. The number of amides is 1. The molecule has 1 saturated heterocycles. The monoisotopic (exact) mass is 285 g/mol. The second-order valence-corrected chi connectivity index (χ2v) is 4.86. The number of carboxylic acids is 1. The lowest BCUT2D eigenvalue weighted by molar-refractivity contribution is -0.259.